The molecule has 0 radical (unpaired) electrons. The molecule has 1 aliphatic heterocycles. The molecule has 0 aromatic rings. The molecule has 1 spiro atoms. The fourth-order valence-corrected chi connectivity index (χ4v) is 9.34. The van der Waals surface area contributed by atoms with E-state index in [4.69, 9.17) is 4.74 Å². The van der Waals surface area contributed by atoms with Gasteiger partial charge in [0.15, 0.2) is 5.78 Å². The monoisotopic (exact) mass is 541 g/mol. The summed E-state index contributed by atoms with van der Waals surface area (Å²) in [7, 11) is 0. The van der Waals surface area contributed by atoms with Crippen molar-refractivity contribution in [3.63, 3.8) is 0 Å². The van der Waals surface area contributed by atoms with Crippen molar-refractivity contribution in [2.75, 3.05) is 6.61 Å². The van der Waals surface area contributed by atoms with Gasteiger partial charge in [-0.1, -0.05) is 106 Å². The molecule has 232 valence electrons. The summed E-state index contributed by atoms with van der Waals surface area (Å²) < 4.78 is 6.57. The number of ether oxygens (including phenoxy) is 1. The summed E-state index contributed by atoms with van der Waals surface area (Å²) in [6.07, 6.45) is 17.1. The van der Waals surface area contributed by atoms with Gasteiger partial charge in [0.05, 0.1) is 12.2 Å². The Morgan fingerprint density at radius 3 is 2.00 bits per heavy atom. The van der Waals surface area contributed by atoms with E-state index in [2.05, 4.69) is 25.2 Å². The number of rotatable bonds is 1. The third kappa shape index (κ3) is 5.64. The second-order valence-electron chi connectivity index (χ2n) is 11.3. The van der Waals surface area contributed by atoms with Crippen LogP contribution in [0.2, 0.25) is 0 Å². The molecule has 0 saturated heterocycles. The zero-order chi connectivity index (χ0) is 18.0. The van der Waals surface area contributed by atoms with Gasteiger partial charge in [-0.2, -0.15) is 0 Å². The summed E-state index contributed by atoms with van der Waals surface area (Å²) in [6.45, 7) is 3.44. The fraction of sp³-hybridized carbons (Fsp3) is 0.861. The van der Waals surface area contributed by atoms with Gasteiger partial charge in [-0.15, -0.1) is 0 Å². The van der Waals surface area contributed by atoms with Crippen molar-refractivity contribution in [3.05, 3.63) is 23.8 Å². The number of carbonyl (C=O) groups is 1. The van der Waals surface area contributed by atoms with Crippen LogP contribution in [-0.2, 0) is 9.53 Å². The highest BCUT2D eigenvalue weighted by Crippen LogP contribution is 2.78. The molecule has 0 amide bonds. The number of fused-ring (bicyclic) bond motifs is 9. The van der Waals surface area contributed by atoms with Crippen molar-refractivity contribution in [2.24, 2.45) is 52.8 Å². The molecule has 5 fully saturated rings. The lowest BCUT2D eigenvalue weighted by Gasteiger charge is -2.59. The molecule has 0 unspecified atom stereocenters. The average molecular weight is 541 g/mol. The Balaban J connectivity index is -0.000000330. The third-order valence-corrected chi connectivity index (χ3v) is 10.4. The maximum atomic E-state index is 12.1. The van der Waals surface area contributed by atoms with Crippen LogP contribution in [0.3, 0.4) is 0 Å². The lowest BCUT2D eigenvalue weighted by atomic mass is 9.46. The van der Waals surface area contributed by atoms with Crippen molar-refractivity contribution in [2.45, 2.75) is 146 Å². The average Bonchev–Trinajstić information content (AvgIpc) is 3.58. The molecule has 7 rings (SSSR count). The Bertz CT molecular complexity index is 776. The van der Waals surface area contributed by atoms with Crippen LogP contribution < -0.4 is 0 Å². The SMILES string of the molecule is C.C.C.C.C.C.C.C.C.C.C.C[C@]12CC[C@H]3[C@H]([C@@H]1[C@H]1C[C@H]1[C@@]21C=CCO1)[C@H](C1CC1)CC1=CC(=O)CC[C@@H]13. The summed E-state index contributed by atoms with van der Waals surface area (Å²) in [5.41, 5.74) is 1.98. The van der Waals surface area contributed by atoms with Crippen LogP contribution in [0.1, 0.15) is 140 Å². The van der Waals surface area contributed by atoms with E-state index in [9.17, 15) is 4.79 Å². The molecule has 7 aliphatic rings. The first-order chi connectivity index (χ1) is 13.1. The largest absolute Gasteiger partial charge is 0.366 e. The Morgan fingerprint density at radius 1 is 0.816 bits per heavy atom. The maximum absolute atomic E-state index is 12.1. The Labute approximate surface area is 243 Å². The number of hydrogen-bond acceptors (Lipinski definition) is 2. The molecule has 0 N–H and O–H groups in total. The highest BCUT2D eigenvalue weighted by molar-refractivity contribution is 5.91. The highest BCUT2D eigenvalue weighted by Gasteiger charge is 2.77. The molecule has 38 heavy (non-hydrogen) atoms. The van der Waals surface area contributed by atoms with E-state index in [1.54, 1.807) is 5.57 Å². The summed E-state index contributed by atoms with van der Waals surface area (Å²) >= 11 is 0. The van der Waals surface area contributed by atoms with E-state index in [-0.39, 0.29) is 87.3 Å². The van der Waals surface area contributed by atoms with Crippen molar-refractivity contribution >= 4 is 5.78 Å². The van der Waals surface area contributed by atoms with Crippen LogP contribution in [0, 0.1) is 52.8 Å². The molecular formula is C36H76O2. The molecule has 1 heterocycles. The van der Waals surface area contributed by atoms with Gasteiger partial charge in [0.25, 0.3) is 0 Å². The smallest absolute Gasteiger partial charge is 0.155 e. The first kappa shape index (κ1) is 46.9. The van der Waals surface area contributed by atoms with Gasteiger partial charge in [0, 0.05) is 11.8 Å². The van der Waals surface area contributed by atoms with E-state index in [0.29, 0.717) is 11.2 Å². The van der Waals surface area contributed by atoms with Crippen molar-refractivity contribution in [1.29, 1.82) is 0 Å². The molecule has 2 heteroatoms. The minimum absolute atomic E-state index is 0. The highest BCUT2D eigenvalue weighted by atomic mass is 16.5. The predicted molar refractivity (Wildman–Crippen MR) is 178 cm³/mol. The van der Waals surface area contributed by atoms with Crippen LogP contribution in [0.4, 0.5) is 0 Å². The number of hydrogen-bond donors (Lipinski definition) is 0. The van der Waals surface area contributed by atoms with E-state index < -0.39 is 0 Å². The van der Waals surface area contributed by atoms with Gasteiger partial charge in [-0.25, -0.2) is 0 Å². The standard InChI is InChI=1S/C25H32O2.11CH4/c1-24-9-7-18-17-6-5-16(26)11-15(17)12-19(14-3-4-14)22(18)23(24)20-13-21(20)25(24)8-2-10-27-25;;;;;;;;;;;/h2,8,11,14,17-23H,3-7,9-10,12-13H2,1H3;11*1H4/t17-,18+,19-,20-,21+,22-,23-,24-,25-;;;;;;;;;;;/m0.........../s1. The second-order valence-corrected chi connectivity index (χ2v) is 11.3. The molecule has 9 atom stereocenters. The van der Waals surface area contributed by atoms with Gasteiger partial charge in [-0.3, -0.25) is 4.79 Å². The molecule has 5 saturated carbocycles. The van der Waals surface area contributed by atoms with Gasteiger partial charge >= 0.3 is 0 Å². The topological polar surface area (TPSA) is 26.3 Å². The van der Waals surface area contributed by atoms with Gasteiger partial charge in [0.2, 0.25) is 0 Å². The number of ketones is 1. The Morgan fingerprint density at radius 2 is 1.45 bits per heavy atom. The van der Waals surface area contributed by atoms with Crippen LogP contribution in [0.25, 0.3) is 0 Å². The summed E-state index contributed by atoms with van der Waals surface area (Å²) in [6, 6.07) is 0. The van der Waals surface area contributed by atoms with Crippen LogP contribution in [0.5, 0.6) is 0 Å². The van der Waals surface area contributed by atoms with E-state index in [1.165, 1.54) is 38.5 Å². The van der Waals surface area contributed by atoms with Crippen LogP contribution in [0.15, 0.2) is 23.8 Å². The number of carbonyl (C=O) groups excluding carboxylic acids is 1. The predicted octanol–water partition coefficient (Wildman–Crippen LogP) is 11.9. The number of allylic oxidation sites excluding steroid dienone is 1. The Hall–Kier alpha value is -0.890. The minimum atomic E-state index is 0. The van der Waals surface area contributed by atoms with Gasteiger partial charge < -0.3 is 4.74 Å². The fourth-order valence-electron chi connectivity index (χ4n) is 9.34. The van der Waals surface area contributed by atoms with Crippen LogP contribution in [-0.4, -0.2) is 18.0 Å². The van der Waals surface area contributed by atoms with Crippen molar-refractivity contribution < 1.29 is 9.53 Å². The van der Waals surface area contributed by atoms with E-state index >= 15 is 0 Å². The molecule has 0 bridgehead atoms. The third-order valence-electron chi connectivity index (χ3n) is 10.4. The zero-order valence-corrected chi connectivity index (χ0v) is 16.5. The molecular weight excluding hydrogens is 464 g/mol. The summed E-state index contributed by atoms with van der Waals surface area (Å²) in [5.74, 6) is 7.28. The summed E-state index contributed by atoms with van der Waals surface area (Å²) in [4.78, 5) is 12.1. The molecule has 0 aromatic heterocycles. The maximum Gasteiger partial charge on any atom is 0.155 e. The summed E-state index contributed by atoms with van der Waals surface area (Å²) in [5, 5.41) is 0. The van der Waals surface area contributed by atoms with Crippen molar-refractivity contribution in [3.8, 4) is 0 Å². The minimum Gasteiger partial charge on any atom is -0.366 e. The van der Waals surface area contributed by atoms with Gasteiger partial charge in [0.1, 0.15) is 0 Å². The van der Waals surface area contributed by atoms with E-state index in [1.807, 2.05) is 0 Å². The van der Waals surface area contributed by atoms with Gasteiger partial charge in [-0.05, 0) is 98.4 Å². The zero-order valence-electron chi connectivity index (χ0n) is 16.5. The first-order valence-electron chi connectivity index (χ1n) is 11.7. The lowest BCUT2D eigenvalue weighted by Crippen LogP contribution is -2.56. The van der Waals surface area contributed by atoms with Crippen LogP contribution >= 0.6 is 0 Å². The second kappa shape index (κ2) is 15.2. The molecule has 6 aliphatic carbocycles. The quantitative estimate of drug-likeness (QED) is 0.309. The molecule has 2 nitrogen and oxygen atoms in total. The lowest BCUT2D eigenvalue weighted by molar-refractivity contribution is -0.143. The first-order valence-corrected chi connectivity index (χ1v) is 11.7. The molecule has 0 aromatic carbocycles. The van der Waals surface area contributed by atoms with E-state index in [0.717, 1.165) is 66.8 Å². The Kier molecular flexibility index (Phi) is 18.8. The van der Waals surface area contributed by atoms with Crippen molar-refractivity contribution in [1.82, 2.24) is 0 Å². The normalized spacial score (nSPS) is 41.0.